The zero-order chi connectivity index (χ0) is 11.3. The van der Waals surface area contributed by atoms with Crippen molar-refractivity contribution >= 4 is 34.4 Å². The Kier molecular flexibility index (Phi) is 5.06. The second-order valence-corrected chi connectivity index (χ2v) is 3.96. The number of rotatable bonds is 6. The van der Waals surface area contributed by atoms with E-state index in [-0.39, 0.29) is 5.82 Å². The summed E-state index contributed by atoms with van der Waals surface area (Å²) in [5.41, 5.74) is 0. The highest BCUT2D eigenvalue weighted by Gasteiger charge is 2.17. The monoisotopic (exact) mass is 295 g/mol. The number of hydrogen-bond acceptors (Lipinski definition) is 5. The molecule has 0 aliphatic rings. The van der Waals surface area contributed by atoms with Crippen LogP contribution in [0.4, 0.5) is 5.82 Å². The maximum Gasteiger partial charge on any atom is 0.404 e. The molecule has 0 bridgehead atoms. The summed E-state index contributed by atoms with van der Waals surface area (Å²) in [6.07, 6.45) is 1.56. The minimum atomic E-state index is -0.533. The van der Waals surface area contributed by atoms with Crippen LogP contribution in [0.15, 0.2) is 10.7 Å². The fraction of sp³-hybridized carbons (Fsp3) is 0.571. The zero-order valence-electron chi connectivity index (χ0n) is 7.80. The van der Waals surface area contributed by atoms with Crippen molar-refractivity contribution in [1.82, 2.24) is 9.78 Å². The number of nitrogens with zero attached hydrogens (tertiary/aromatic N) is 3. The SMILES string of the molecule is O=[N+]([O-])c1nn(CCOCCS)cc1Br. The molecule has 0 amide bonds. The Morgan fingerprint density at radius 1 is 1.67 bits per heavy atom. The molecule has 8 heteroatoms. The van der Waals surface area contributed by atoms with E-state index in [2.05, 4.69) is 33.7 Å². The third-order valence-corrected chi connectivity index (χ3v) is 2.31. The molecule has 0 spiro atoms. The summed E-state index contributed by atoms with van der Waals surface area (Å²) in [5.74, 6) is 0.479. The van der Waals surface area contributed by atoms with Crippen LogP contribution in [0.3, 0.4) is 0 Å². The van der Waals surface area contributed by atoms with Crippen molar-refractivity contribution in [3.8, 4) is 0 Å². The van der Waals surface area contributed by atoms with Crippen molar-refractivity contribution in [2.24, 2.45) is 0 Å². The first-order valence-electron chi connectivity index (χ1n) is 4.21. The van der Waals surface area contributed by atoms with E-state index < -0.39 is 4.92 Å². The maximum absolute atomic E-state index is 10.5. The summed E-state index contributed by atoms with van der Waals surface area (Å²) >= 11 is 7.05. The van der Waals surface area contributed by atoms with E-state index in [0.29, 0.717) is 30.0 Å². The molecule has 0 N–H and O–H groups in total. The van der Waals surface area contributed by atoms with Gasteiger partial charge in [-0.2, -0.15) is 17.3 Å². The molecular weight excluding hydrogens is 286 g/mol. The van der Waals surface area contributed by atoms with Crippen molar-refractivity contribution < 1.29 is 9.66 Å². The molecule has 0 aromatic carbocycles. The average Bonchev–Trinajstić information content (AvgIpc) is 2.55. The Hall–Kier alpha value is -0.600. The maximum atomic E-state index is 10.5. The number of hydrogen-bond donors (Lipinski definition) is 1. The third kappa shape index (κ3) is 3.80. The molecule has 0 radical (unpaired) electrons. The van der Waals surface area contributed by atoms with Crippen LogP contribution in [0.5, 0.6) is 0 Å². The van der Waals surface area contributed by atoms with E-state index in [1.165, 1.54) is 4.68 Å². The summed E-state index contributed by atoms with van der Waals surface area (Å²) in [4.78, 5) is 9.94. The van der Waals surface area contributed by atoms with Crippen LogP contribution in [0.1, 0.15) is 0 Å². The predicted octanol–water partition coefficient (Wildman–Crippen LogP) is 1.50. The van der Waals surface area contributed by atoms with E-state index in [4.69, 9.17) is 4.74 Å². The summed E-state index contributed by atoms with van der Waals surface area (Å²) in [5, 5.41) is 14.2. The van der Waals surface area contributed by atoms with Gasteiger partial charge in [-0.1, -0.05) is 0 Å². The molecule has 15 heavy (non-hydrogen) atoms. The number of nitro groups is 1. The summed E-state index contributed by atoms with van der Waals surface area (Å²) in [7, 11) is 0. The highest BCUT2D eigenvalue weighted by atomic mass is 79.9. The summed E-state index contributed by atoms with van der Waals surface area (Å²) in [6, 6.07) is 0. The van der Waals surface area contributed by atoms with Gasteiger partial charge in [0.1, 0.15) is 4.47 Å². The molecule has 0 unspecified atom stereocenters. The van der Waals surface area contributed by atoms with E-state index in [1.54, 1.807) is 6.20 Å². The van der Waals surface area contributed by atoms with Gasteiger partial charge in [0.05, 0.1) is 31.1 Å². The fourth-order valence-corrected chi connectivity index (χ4v) is 1.54. The van der Waals surface area contributed by atoms with E-state index in [1.807, 2.05) is 0 Å². The molecule has 6 nitrogen and oxygen atoms in total. The van der Waals surface area contributed by atoms with Crippen molar-refractivity contribution in [3.05, 3.63) is 20.8 Å². The standard InChI is InChI=1S/C7H10BrN3O3S/c8-6-5-10(1-2-14-3-4-15)9-7(6)11(12)13/h5,15H,1-4H2. The normalized spacial score (nSPS) is 10.5. The van der Waals surface area contributed by atoms with Crippen molar-refractivity contribution in [2.75, 3.05) is 19.0 Å². The fourth-order valence-electron chi connectivity index (χ4n) is 0.950. The lowest BCUT2D eigenvalue weighted by Gasteiger charge is -1.98. The molecule has 1 rings (SSSR count). The first-order chi connectivity index (χ1) is 7.15. The molecular formula is C7H10BrN3O3S. The molecule has 0 aliphatic carbocycles. The molecule has 0 aliphatic heterocycles. The van der Waals surface area contributed by atoms with E-state index >= 15 is 0 Å². The lowest BCUT2D eigenvalue weighted by atomic mass is 10.6. The molecule has 0 fully saturated rings. The van der Waals surface area contributed by atoms with Gasteiger partial charge in [-0.05, 0) is 20.9 Å². The van der Waals surface area contributed by atoms with Gasteiger partial charge in [0.15, 0.2) is 0 Å². The molecule has 1 aromatic heterocycles. The number of ether oxygens (including phenoxy) is 1. The Balaban J connectivity index is 2.48. The second kappa shape index (κ2) is 6.09. The molecule has 0 atom stereocenters. The first-order valence-corrected chi connectivity index (χ1v) is 5.63. The summed E-state index contributed by atoms with van der Waals surface area (Å²) < 4.78 is 7.02. The quantitative estimate of drug-likeness (QED) is 0.374. The number of aromatic nitrogens is 2. The molecule has 1 aromatic rings. The van der Waals surface area contributed by atoms with E-state index in [9.17, 15) is 10.1 Å². The van der Waals surface area contributed by atoms with Crippen LogP contribution in [0, 0.1) is 10.1 Å². The van der Waals surface area contributed by atoms with Crippen molar-refractivity contribution in [3.63, 3.8) is 0 Å². The molecule has 84 valence electrons. The molecule has 0 saturated carbocycles. The highest BCUT2D eigenvalue weighted by Crippen LogP contribution is 2.21. The number of halogens is 1. The van der Waals surface area contributed by atoms with Crippen LogP contribution in [0.25, 0.3) is 0 Å². The average molecular weight is 296 g/mol. The third-order valence-electron chi connectivity index (χ3n) is 1.57. The highest BCUT2D eigenvalue weighted by molar-refractivity contribution is 9.10. The topological polar surface area (TPSA) is 70.2 Å². The second-order valence-electron chi connectivity index (χ2n) is 2.66. The largest absolute Gasteiger partial charge is 0.404 e. The Morgan fingerprint density at radius 3 is 2.93 bits per heavy atom. The van der Waals surface area contributed by atoms with Gasteiger partial charge in [0.2, 0.25) is 0 Å². The summed E-state index contributed by atoms with van der Waals surface area (Å²) in [6.45, 7) is 1.51. The van der Waals surface area contributed by atoms with Crippen molar-refractivity contribution in [1.29, 1.82) is 0 Å². The first kappa shape index (κ1) is 12.5. The van der Waals surface area contributed by atoms with Crippen LogP contribution >= 0.6 is 28.6 Å². The Bertz CT molecular complexity index is 344. The van der Waals surface area contributed by atoms with Gasteiger partial charge < -0.3 is 14.9 Å². The minimum Gasteiger partial charge on any atom is -0.379 e. The van der Waals surface area contributed by atoms with Crippen LogP contribution < -0.4 is 0 Å². The van der Waals surface area contributed by atoms with Gasteiger partial charge >= 0.3 is 5.82 Å². The van der Waals surface area contributed by atoms with Gasteiger partial charge in [-0.3, -0.25) is 0 Å². The lowest BCUT2D eigenvalue weighted by Crippen LogP contribution is -2.08. The van der Waals surface area contributed by atoms with E-state index in [0.717, 1.165) is 0 Å². The predicted molar refractivity (Wildman–Crippen MR) is 61.3 cm³/mol. The van der Waals surface area contributed by atoms with Gasteiger partial charge in [-0.15, -0.1) is 0 Å². The van der Waals surface area contributed by atoms with Gasteiger partial charge in [0.25, 0.3) is 0 Å². The smallest absolute Gasteiger partial charge is 0.379 e. The Labute approximate surface area is 100 Å². The van der Waals surface area contributed by atoms with Crippen LogP contribution in [-0.4, -0.2) is 33.7 Å². The van der Waals surface area contributed by atoms with Crippen LogP contribution in [-0.2, 0) is 11.3 Å². The zero-order valence-corrected chi connectivity index (χ0v) is 10.3. The molecule has 0 saturated heterocycles. The minimum absolute atomic E-state index is 0.177. The lowest BCUT2D eigenvalue weighted by molar-refractivity contribution is -0.390. The molecule has 1 heterocycles. The van der Waals surface area contributed by atoms with Crippen molar-refractivity contribution in [2.45, 2.75) is 6.54 Å². The van der Waals surface area contributed by atoms with Gasteiger partial charge in [0, 0.05) is 5.75 Å². The number of thiol groups is 1. The van der Waals surface area contributed by atoms with Gasteiger partial charge in [-0.25, -0.2) is 0 Å². The van der Waals surface area contributed by atoms with Crippen LogP contribution in [0.2, 0.25) is 0 Å². The Morgan fingerprint density at radius 2 is 2.40 bits per heavy atom.